The highest BCUT2D eigenvalue weighted by Gasteiger charge is 2.54. The SMILES string of the molecule is NCC1OC(O[C@@H]2C(O)[C@H](OC3C(O)C(N)CC(N)C3OC3OC(CO)C(O)C(O)C3N)O[C@@H]2CO)C(N)C(O)C1O.O=S(=O)(O)O. The van der Waals surface area contributed by atoms with E-state index in [-0.39, 0.29) is 13.0 Å². The average Bonchev–Trinajstić information content (AvgIpc) is 3.30. The normalized spacial score (nSPS) is 49.3. The van der Waals surface area contributed by atoms with E-state index in [1.807, 2.05) is 0 Å². The van der Waals surface area contributed by atoms with Crippen LogP contribution in [-0.2, 0) is 38.8 Å². The summed E-state index contributed by atoms with van der Waals surface area (Å²) in [6, 6.07) is -4.30. The highest BCUT2D eigenvalue weighted by Crippen LogP contribution is 2.34. The minimum absolute atomic E-state index is 0.0642. The van der Waals surface area contributed by atoms with Crippen molar-refractivity contribution in [3.8, 4) is 0 Å². The summed E-state index contributed by atoms with van der Waals surface area (Å²) < 4.78 is 66.0. The second-order valence-corrected chi connectivity index (χ2v) is 12.5. The van der Waals surface area contributed by atoms with Gasteiger partial charge in [-0.05, 0) is 6.42 Å². The van der Waals surface area contributed by atoms with Crippen LogP contribution in [0.1, 0.15) is 6.42 Å². The number of ether oxygens (including phenoxy) is 6. The van der Waals surface area contributed by atoms with Crippen molar-refractivity contribution in [3.63, 3.8) is 0 Å². The van der Waals surface area contributed by atoms with Crippen LogP contribution in [0.25, 0.3) is 0 Å². The van der Waals surface area contributed by atoms with Gasteiger partial charge < -0.3 is 97.9 Å². The van der Waals surface area contributed by atoms with Gasteiger partial charge in [-0.2, -0.15) is 8.42 Å². The van der Waals surface area contributed by atoms with E-state index in [2.05, 4.69) is 0 Å². The van der Waals surface area contributed by atoms with Crippen molar-refractivity contribution in [1.82, 2.24) is 0 Å². The summed E-state index contributed by atoms with van der Waals surface area (Å²) >= 11 is 0. The lowest BCUT2D eigenvalue weighted by Gasteiger charge is -2.47. The number of nitrogens with two attached hydrogens (primary N) is 5. The van der Waals surface area contributed by atoms with E-state index in [0.29, 0.717) is 0 Å². The largest absolute Gasteiger partial charge is 0.394 e. The molecule has 0 bridgehead atoms. The maximum absolute atomic E-state index is 11.1. The summed E-state index contributed by atoms with van der Waals surface area (Å²) in [5, 5.41) is 82.3. The first-order chi connectivity index (χ1) is 21.8. The molecule has 0 aromatic rings. The van der Waals surface area contributed by atoms with E-state index in [1.165, 1.54) is 0 Å². The third-order valence-corrected chi connectivity index (χ3v) is 8.32. The molecule has 4 fully saturated rings. The van der Waals surface area contributed by atoms with Crippen LogP contribution in [0.4, 0.5) is 0 Å². The van der Waals surface area contributed by atoms with Crippen molar-refractivity contribution < 1.29 is 86.8 Å². The first kappa shape index (κ1) is 40.5. The van der Waals surface area contributed by atoms with E-state index in [9.17, 15) is 40.9 Å². The lowest BCUT2D eigenvalue weighted by molar-refractivity contribution is -0.310. The lowest BCUT2D eigenvalue weighted by Crippen LogP contribution is -2.68. The van der Waals surface area contributed by atoms with E-state index >= 15 is 0 Å². The quantitative estimate of drug-likeness (QED) is 0.0986. The maximum Gasteiger partial charge on any atom is 0.394 e. The van der Waals surface area contributed by atoms with E-state index in [4.69, 9.17) is 74.6 Å². The molecule has 3 aliphatic heterocycles. The monoisotopic (exact) mass is 713 g/mol. The number of aliphatic hydroxyl groups is 8. The van der Waals surface area contributed by atoms with Gasteiger partial charge >= 0.3 is 10.4 Å². The molecule has 19 atom stereocenters. The Kier molecular flexibility index (Phi) is 14.6. The predicted octanol–water partition coefficient (Wildman–Crippen LogP) is -9.51. The molecule has 4 aliphatic rings. The van der Waals surface area contributed by atoms with Gasteiger partial charge in [0.15, 0.2) is 18.9 Å². The molecule has 1 saturated carbocycles. The summed E-state index contributed by atoms with van der Waals surface area (Å²) in [5.41, 5.74) is 29.9. The Balaban J connectivity index is 0.00000111. The number of aliphatic hydroxyl groups excluding tert-OH is 8. The first-order valence-electron chi connectivity index (χ1n) is 14.5. The highest BCUT2D eigenvalue weighted by atomic mass is 32.3. The Labute approximate surface area is 268 Å². The van der Waals surface area contributed by atoms with Crippen molar-refractivity contribution in [2.75, 3.05) is 19.8 Å². The van der Waals surface area contributed by atoms with Gasteiger partial charge in [0.05, 0.1) is 31.4 Å². The van der Waals surface area contributed by atoms with E-state index in [0.717, 1.165) is 0 Å². The lowest BCUT2D eigenvalue weighted by atomic mass is 9.84. The molecule has 3 saturated heterocycles. The minimum atomic E-state index is -4.67. The van der Waals surface area contributed by atoms with Crippen molar-refractivity contribution in [2.45, 2.75) is 123 Å². The fraction of sp³-hybridized carbons (Fsp3) is 1.00. The molecule has 0 spiro atoms. The number of hydrogen-bond donors (Lipinski definition) is 15. The Morgan fingerprint density at radius 3 is 1.49 bits per heavy atom. The third-order valence-electron chi connectivity index (χ3n) is 8.32. The highest BCUT2D eigenvalue weighted by molar-refractivity contribution is 7.79. The molecule has 24 heteroatoms. The summed E-state index contributed by atoms with van der Waals surface area (Å²) in [4.78, 5) is 0. The van der Waals surface area contributed by atoms with Crippen molar-refractivity contribution >= 4 is 10.4 Å². The van der Waals surface area contributed by atoms with Gasteiger partial charge in [-0.1, -0.05) is 0 Å². The molecule has 3 heterocycles. The summed E-state index contributed by atoms with van der Waals surface area (Å²) in [7, 11) is -4.67. The number of rotatable bonds is 9. The van der Waals surface area contributed by atoms with Gasteiger partial charge in [0.2, 0.25) is 0 Å². The molecule has 0 aromatic carbocycles. The standard InChI is InChI=1S/C23H45N5O14.H2O4S/c24-2-7-13(32)15(34)10(27)21(37-7)41-19-9(4-30)39-23(17(19)36)42-20-12(31)5(25)1-6(26)18(20)40-22-11(28)16(35)14(33)8(3-29)38-22;1-5(2,3)4/h5-23,29-36H,1-4,24-28H2;(H2,1,2,3,4)/t5?,6?,7?,8?,9-,10?,11?,12?,13?,14?,15?,16?,17?,18?,19+,20?,21?,22?,23+;/m1./s1. The van der Waals surface area contributed by atoms with Crippen LogP contribution in [0.15, 0.2) is 0 Å². The Hall–Kier alpha value is -0.890. The predicted molar refractivity (Wildman–Crippen MR) is 151 cm³/mol. The molecule has 20 N–H and O–H groups in total. The van der Waals surface area contributed by atoms with Gasteiger partial charge in [0, 0.05) is 18.6 Å². The maximum atomic E-state index is 11.1. The minimum Gasteiger partial charge on any atom is -0.394 e. The molecular weight excluding hydrogens is 666 g/mol. The summed E-state index contributed by atoms with van der Waals surface area (Å²) in [6.45, 7) is -1.49. The smallest absolute Gasteiger partial charge is 0.394 e. The zero-order valence-corrected chi connectivity index (χ0v) is 25.6. The first-order valence-corrected chi connectivity index (χ1v) is 15.9. The Morgan fingerprint density at radius 1 is 0.574 bits per heavy atom. The molecule has 0 radical (unpaired) electrons. The molecule has 0 amide bonds. The molecule has 1 aliphatic carbocycles. The van der Waals surface area contributed by atoms with Gasteiger partial charge in [0.1, 0.15) is 67.1 Å². The Morgan fingerprint density at radius 2 is 1.00 bits per heavy atom. The molecule has 47 heavy (non-hydrogen) atoms. The second kappa shape index (κ2) is 16.9. The zero-order valence-electron chi connectivity index (χ0n) is 24.8. The molecule has 0 aromatic heterocycles. The van der Waals surface area contributed by atoms with Gasteiger partial charge in [-0.3, -0.25) is 9.11 Å². The van der Waals surface area contributed by atoms with Crippen LogP contribution >= 0.6 is 0 Å². The van der Waals surface area contributed by atoms with Crippen LogP contribution in [0.2, 0.25) is 0 Å². The van der Waals surface area contributed by atoms with E-state index < -0.39 is 140 Å². The van der Waals surface area contributed by atoms with Crippen molar-refractivity contribution in [2.24, 2.45) is 28.7 Å². The summed E-state index contributed by atoms with van der Waals surface area (Å²) in [5.74, 6) is 0. The molecule has 278 valence electrons. The third kappa shape index (κ3) is 9.67. The van der Waals surface area contributed by atoms with Gasteiger partial charge in [-0.25, -0.2) is 0 Å². The van der Waals surface area contributed by atoms with Crippen LogP contribution in [0.3, 0.4) is 0 Å². The average molecular weight is 714 g/mol. The fourth-order valence-electron chi connectivity index (χ4n) is 5.70. The van der Waals surface area contributed by atoms with Crippen molar-refractivity contribution in [3.05, 3.63) is 0 Å². The second-order valence-electron chi connectivity index (χ2n) is 11.6. The fourth-order valence-corrected chi connectivity index (χ4v) is 5.70. The van der Waals surface area contributed by atoms with Crippen LogP contribution in [0.5, 0.6) is 0 Å². The van der Waals surface area contributed by atoms with Gasteiger partial charge in [0.25, 0.3) is 0 Å². The molecular formula is C23H47N5O18S. The van der Waals surface area contributed by atoms with Crippen LogP contribution in [0, 0.1) is 0 Å². The van der Waals surface area contributed by atoms with Crippen LogP contribution in [-0.4, -0.2) is 194 Å². The summed E-state index contributed by atoms with van der Waals surface area (Å²) in [6.07, 6.45) is -20.5. The molecule has 23 nitrogen and oxygen atoms in total. The topological polar surface area (TPSA) is 422 Å². The molecule has 16 unspecified atom stereocenters. The number of hydrogen-bond acceptors (Lipinski definition) is 21. The van der Waals surface area contributed by atoms with E-state index in [1.54, 1.807) is 0 Å². The van der Waals surface area contributed by atoms with Crippen LogP contribution < -0.4 is 28.7 Å². The van der Waals surface area contributed by atoms with Gasteiger partial charge in [-0.15, -0.1) is 0 Å². The zero-order chi connectivity index (χ0) is 35.5. The molecule has 4 rings (SSSR count). The Bertz CT molecular complexity index is 1070. The van der Waals surface area contributed by atoms with Crippen molar-refractivity contribution in [1.29, 1.82) is 0 Å².